The topological polar surface area (TPSA) is 175 Å². The van der Waals surface area contributed by atoms with Crippen molar-refractivity contribution in [2.45, 2.75) is 314 Å². The predicted octanol–water partition coefficient (Wildman–Crippen LogP) is 13.7. The molecule has 6 N–H and O–H groups in total. The van der Waals surface area contributed by atoms with Crippen molar-refractivity contribution in [2.75, 3.05) is 13.2 Å². The summed E-state index contributed by atoms with van der Waals surface area (Å²) in [5, 5.41) is 56.8. The molecule has 1 aliphatic heterocycles. The van der Waals surface area contributed by atoms with E-state index in [2.05, 4.69) is 62.5 Å². The number of hydrogen-bond donors (Lipinski definition) is 6. The summed E-state index contributed by atoms with van der Waals surface area (Å²) in [4.78, 5) is 26.5. The fourth-order valence-corrected chi connectivity index (χ4v) is 9.21. The minimum atomic E-state index is -1.61. The molecule has 11 heteroatoms. The zero-order valence-corrected chi connectivity index (χ0v) is 46.3. The van der Waals surface area contributed by atoms with E-state index >= 15 is 0 Å². The summed E-state index contributed by atoms with van der Waals surface area (Å²) in [6.07, 6.45) is 48.7. The highest BCUT2D eigenvalue weighted by atomic mass is 16.7. The van der Waals surface area contributed by atoms with E-state index < -0.39 is 67.4 Å². The van der Waals surface area contributed by atoms with Crippen molar-refractivity contribution in [3.05, 3.63) is 48.6 Å². The first-order valence-electron chi connectivity index (χ1n) is 29.9. The van der Waals surface area contributed by atoms with Crippen molar-refractivity contribution in [1.82, 2.24) is 5.32 Å². The molecule has 1 fully saturated rings. The van der Waals surface area contributed by atoms with Gasteiger partial charge in [0, 0.05) is 6.42 Å². The van der Waals surface area contributed by atoms with E-state index in [9.17, 15) is 35.1 Å². The molecule has 0 aromatic heterocycles. The maximum absolute atomic E-state index is 13.4. The molecule has 0 radical (unpaired) electrons. The Bertz CT molecular complexity index is 1350. The van der Waals surface area contributed by atoms with E-state index in [1.54, 1.807) is 6.08 Å². The van der Waals surface area contributed by atoms with Crippen molar-refractivity contribution in [3.63, 3.8) is 0 Å². The summed E-state index contributed by atoms with van der Waals surface area (Å²) in [6.45, 7) is 5.66. The average molecular weight is 1020 g/mol. The Morgan fingerprint density at radius 2 is 1.00 bits per heavy atom. The predicted molar refractivity (Wildman–Crippen MR) is 297 cm³/mol. The average Bonchev–Trinajstić information content (AvgIpc) is 3.38. The number of aliphatic hydroxyl groups is 5. The number of aliphatic hydroxyl groups excluding tert-OH is 5. The molecule has 0 bridgehead atoms. The number of carbonyl (C=O) groups is 2. The number of amides is 1. The molecule has 1 saturated heterocycles. The summed E-state index contributed by atoms with van der Waals surface area (Å²) < 4.78 is 17.6. The van der Waals surface area contributed by atoms with Crippen molar-refractivity contribution in [1.29, 1.82) is 0 Å². The zero-order valence-electron chi connectivity index (χ0n) is 46.3. The smallest absolute Gasteiger partial charge is 0.306 e. The summed E-state index contributed by atoms with van der Waals surface area (Å²) in [5.41, 5.74) is 0. The normalized spacial score (nSPS) is 19.8. The number of allylic oxidation sites excluding steroid dienone is 7. The minimum absolute atomic E-state index is 0.121. The van der Waals surface area contributed by atoms with Gasteiger partial charge >= 0.3 is 5.97 Å². The van der Waals surface area contributed by atoms with Crippen LogP contribution >= 0.6 is 0 Å². The summed E-state index contributed by atoms with van der Waals surface area (Å²) in [5.74, 6) is -1.20. The lowest BCUT2D eigenvalue weighted by molar-refractivity contribution is -0.305. The van der Waals surface area contributed by atoms with Gasteiger partial charge in [0.25, 0.3) is 0 Å². The quantitative estimate of drug-likeness (QED) is 0.0195. The Labute approximate surface area is 440 Å². The van der Waals surface area contributed by atoms with Crippen molar-refractivity contribution in [2.24, 2.45) is 0 Å². The van der Waals surface area contributed by atoms with Crippen LogP contribution < -0.4 is 5.32 Å². The van der Waals surface area contributed by atoms with Gasteiger partial charge in [-0.05, 0) is 77.0 Å². The highest BCUT2D eigenvalue weighted by molar-refractivity contribution is 5.80. The Morgan fingerprint density at radius 3 is 1.50 bits per heavy atom. The van der Waals surface area contributed by atoms with Crippen LogP contribution in [0.15, 0.2) is 48.6 Å². The molecule has 0 saturated carbocycles. The van der Waals surface area contributed by atoms with Crippen LogP contribution in [0.25, 0.3) is 0 Å². The van der Waals surface area contributed by atoms with Crippen LogP contribution in [0.5, 0.6) is 0 Å². The van der Waals surface area contributed by atoms with Gasteiger partial charge in [0.05, 0.1) is 25.4 Å². The van der Waals surface area contributed by atoms with Gasteiger partial charge in [-0.15, -0.1) is 0 Å². The molecule has 1 aliphatic rings. The van der Waals surface area contributed by atoms with Gasteiger partial charge in [0.15, 0.2) is 12.4 Å². The number of hydrogen-bond acceptors (Lipinski definition) is 10. The molecule has 0 aromatic rings. The summed E-state index contributed by atoms with van der Waals surface area (Å²) in [7, 11) is 0. The number of ether oxygens (including phenoxy) is 3. The molecular weight excluding hydrogens is 907 g/mol. The number of esters is 1. The second kappa shape index (κ2) is 49.5. The molecule has 0 spiro atoms. The molecule has 1 rings (SSSR count). The Hall–Kier alpha value is -2.38. The van der Waals surface area contributed by atoms with Crippen LogP contribution in [0.4, 0.5) is 0 Å². The molecule has 1 heterocycles. The van der Waals surface area contributed by atoms with Gasteiger partial charge in [-0.3, -0.25) is 9.59 Å². The molecule has 11 nitrogen and oxygen atoms in total. The molecule has 8 atom stereocenters. The van der Waals surface area contributed by atoms with Gasteiger partial charge in [0.1, 0.15) is 24.4 Å². The van der Waals surface area contributed by atoms with Gasteiger partial charge in [-0.25, -0.2) is 0 Å². The first-order valence-corrected chi connectivity index (χ1v) is 29.9. The monoisotopic (exact) mass is 1020 g/mol. The third kappa shape index (κ3) is 37.4. The van der Waals surface area contributed by atoms with E-state index in [1.807, 2.05) is 6.08 Å². The molecule has 0 aromatic carbocycles. The molecule has 420 valence electrons. The van der Waals surface area contributed by atoms with Crippen molar-refractivity contribution in [3.8, 4) is 0 Å². The standard InChI is InChI=1S/C61H111NO10/c1-4-7-10-13-16-19-22-24-25-26-27-28-29-31-34-37-40-43-46-49-56(66)72-59-58(68)57(67)55(50-63)71-61(59)70-51-52(53(64)47-44-41-38-35-32-21-18-15-12-9-6-3)62-60(69)54(65)48-45-42-39-36-33-30-23-20-17-14-11-8-5-2/h8,11,17,20,24-25,44,47,52-55,57-59,61,63-65,67-68H,4-7,9-10,12-16,18-19,21-23,26-43,45-46,48-51H2,1-3H3,(H,62,69)/b11-8+,20-17+,25-24+,47-44+. The van der Waals surface area contributed by atoms with Crippen LogP contribution in [0.1, 0.15) is 265 Å². The number of nitrogens with one attached hydrogen (secondary N) is 1. The second-order valence-corrected chi connectivity index (χ2v) is 20.7. The van der Waals surface area contributed by atoms with E-state index in [0.717, 1.165) is 89.9 Å². The number of unbranched alkanes of at least 4 members (excludes halogenated alkanes) is 30. The molecule has 8 unspecified atom stereocenters. The highest BCUT2D eigenvalue weighted by Crippen LogP contribution is 2.26. The Balaban J connectivity index is 2.67. The van der Waals surface area contributed by atoms with Gasteiger partial charge < -0.3 is 45.1 Å². The van der Waals surface area contributed by atoms with Crippen LogP contribution in [0, 0.1) is 0 Å². The van der Waals surface area contributed by atoms with E-state index in [-0.39, 0.29) is 19.4 Å². The maximum atomic E-state index is 13.4. The van der Waals surface area contributed by atoms with Crippen LogP contribution in [-0.2, 0) is 23.8 Å². The lowest BCUT2D eigenvalue weighted by atomic mass is 9.99. The van der Waals surface area contributed by atoms with Crippen LogP contribution in [0.3, 0.4) is 0 Å². The lowest BCUT2D eigenvalue weighted by Gasteiger charge is -2.41. The largest absolute Gasteiger partial charge is 0.454 e. The lowest BCUT2D eigenvalue weighted by Crippen LogP contribution is -2.61. The van der Waals surface area contributed by atoms with Gasteiger partial charge in [0.2, 0.25) is 5.91 Å². The molecular formula is C61H111NO10. The Kier molecular flexibility index (Phi) is 46.5. The van der Waals surface area contributed by atoms with Crippen molar-refractivity contribution >= 4 is 11.9 Å². The molecule has 72 heavy (non-hydrogen) atoms. The highest BCUT2D eigenvalue weighted by Gasteiger charge is 2.47. The molecule has 0 aliphatic carbocycles. The SMILES string of the molecule is CC/C=C/C/C=C/CCCCCCCCC(O)C(=O)NC(COC1OC(CO)C(O)C(O)C1OC(=O)CCCCCCCCCCC/C=C/CCCCCCCC)C(O)/C=C/CCCCCCCCCCC. The minimum Gasteiger partial charge on any atom is -0.454 e. The number of rotatable bonds is 50. The van der Waals surface area contributed by atoms with Crippen molar-refractivity contribution < 1.29 is 49.3 Å². The van der Waals surface area contributed by atoms with Gasteiger partial charge in [-0.1, -0.05) is 230 Å². The van der Waals surface area contributed by atoms with E-state index in [1.165, 1.54) is 128 Å². The first-order chi connectivity index (χ1) is 35.2. The fourth-order valence-electron chi connectivity index (χ4n) is 9.21. The summed E-state index contributed by atoms with van der Waals surface area (Å²) in [6, 6.07) is -1.03. The Morgan fingerprint density at radius 1 is 0.556 bits per heavy atom. The molecule has 1 amide bonds. The zero-order chi connectivity index (χ0) is 52.5. The van der Waals surface area contributed by atoms with E-state index in [0.29, 0.717) is 12.8 Å². The van der Waals surface area contributed by atoms with E-state index in [4.69, 9.17) is 14.2 Å². The third-order valence-corrected chi connectivity index (χ3v) is 14.0. The second-order valence-electron chi connectivity index (χ2n) is 20.7. The third-order valence-electron chi connectivity index (χ3n) is 14.0. The number of carbonyl (C=O) groups excluding carboxylic acids is 2. The van der Waals surface area contributed by atoms with Crippen LogP contribution in [-0.4, -0.2) is 99.6 Å². The fraction of sp³-hybridized carbons (Fsp3) is 0.836. The van der Waals surface area contributed by atoms with Crippen LogP contribution in [0.2, 0.25) is 0 Å². The first kappa shape index (κ1) is 67.6. The summed E-state index contributed by atoms with van der Waals surface area (Å²) >= 11 is 0. The van der Waals surface area contributed by atoms with Gasteiger partial charge in [-0.2, -0.15) is 0 Å². The maximum Gasteiger partial charge on any atom is 0.306 e.